The first kappa shape index (κ1) is 11.3. The topological polar surface area (TPSA) is 15.3 Å². The Morgan fingerprint density at radius 1 is 1.23 bits per heavy atom. The number of hydrogen-bond acceptors (Lipinski definition) is 3. The van der Waals surface area contributed by atoms with Crippen molar-refractivity contribution >= 4 is 11.8 Å². The summed E-state index contributed by atoms with van der Waals surface area (Å²) in [6.07, 6.45) is 6.27. The van der Waals surface area contributed by atoms with Crippen LogP contribution in [0, 0.1) is 0 Å². The van der Waals surface area contributed by atoms with E-state index in [0.717, 1.165) is 0 Å². The van der Waals surface area contributed by atoms with E-state index < -0.39 is 0 Å². The molecule has 0 aromatic rings. The molecule has 0 aromatic heterocycles. The van der Waals surface area contributed by atoms with Crippen LogP contribution in [0.1, 0.15) is 19.3 Å². The Bertz CT molecular complexity index is 111. The van der Waals surface area contributed by atoms with Crippen LogP contribution in [-0.2, 0) is 0 Å². The van der Waals surface area contributed by atoms with E-state index in [2.05, 4.69) is 16.5 Å². The largest absolute Gasteiger partial charge is 0.315 e. The lowest BCUT2D eigenvalue weighted by Gasteiger charge is -2.18. The van der Waals surface area contributed by atoms with Gasteiger partial charge in [-0.05, 0) is 50.9 Å². The molecular formula is C10H22N2S. The van der Waals surface area contributed by atoms with Gasteiger partial charge in [-0.25, -0.2) is 0 Å². The van der Waals surface area contributed by atoms with Crippen LogP contribution < -0.4 is 5.32 Å². The summed E-state index contributed by atoms with van der Waals surface area (Å²) in [5.41, 5.74) is 0. The summed E-state index contributed by atoms with van der Waals surface area (Å²) in [4.78, 5) is 2.60. The van der Waals surface area contributed by atoms with Crippen LogP contribution in [0.5, 0.6) is 0 Å². The van der Waals surface area contributed by atoms with E-state index in [-0.39, 0.29) is 0 Å². The highest BCUT2D eigenvalue weighted by Crippen LogP contribution is 2.02. The molecule has 1 aliphatic rings. The smallest absolute Gasteiger partial charge is 0.0107 e. The molecule has 1 aliphatic heterocycles. The lowest BCUT2D eigenvalue weighted by molar-refractivity contribution is 0.288. The molecule has 0 atom stereocenters. The molecule has 0 bridgehead atoms. The normalized spacial score (nSPS) is 20.1. The number of unbranched alkanes of at least 4 members (excludes halogenated alkanes) is 1. The Hall–Kier alpha value is 0.270. The molecule has 0 aromatic carbocycles. The summed E-state index contributed by atoms with van der Waals surface area (Å²) in [5, 5.41) is 3.43. The van der Waals surface area contributed by atoms with E-state index in [1.807, 2.05) is 11.8 Å². The number of nitrogens with one attached hydrogen (secondary N) is 1. The van der Waals surface area contributed by atoms with Gasteiger partial charge >= 0.3 is 0 Å². The molecule has 0 unspecified atom stereocenters. The summed E-state index contributed by atoms with van der Waals surface area (Å²) >= 11 is 1.96. The SMILES string of the molecule is CSCCCCN1CCCNCC1. The van der Waals surface area contributed by atoms with Gasteiger partial charge in [0.25, 0.3) is 0 Å². The highest BCUT2D eigenvalue weighted by molar-refractivity contribution is 7.98. The Balaban J connectivity index is 1.98. The number of nitrogens with zero attached hydrogens (tertiary/aromatic N) is 1. The van der Waals surface area contributed by atoms with Gasteiger partial charge in [0.1, 0.15) is 0 Å². The van der Waals surface area contributed by atoms with Crippen molar-refractivity contribution in [2.24, 2.45) is 0 Å². The molecule has 0 amide bonds. The highest BCUT2D eigenvalue weighted by atomic mass is 32.2. The van der Waals surface area contributed by atoms with Crippen molar-refractivity contribution in [2.75, 3.05) is 44.7 Å². The van der Waals surface area contributed by atoms with Crippen LogP contribution in [0.15, 0.2) is 0 Å². The molecule has 1 heterocycles. The van der Waals surface area contributed by atoms with Crippen LogP contribution in [-0.4, -0.2) is 49.6 Å². The van der Waals surface area contributed by atoms with Crippen molar-refractivity contribution in [3.8, 4) is 0 Å². The maximum Gasteiger partial charge on any atom is 0.0107 e. The fourth-order valence-corrected chi connectivity index (χ4v) is 2.20. The predicted octanol–water partition coefficient (Wildman–Crippen LogP) is 1.42. The van der Waals surface area contributed by atoms with Crippen molar-refractivity contribution in [3.05, 3.63) is 0 Å². The second-order valence-corrected chi connectivity index (χ2v) is 4.63. The molecule has 2 nitrogen and oxygen atoms in total. The lowest BCUT2D eigenvalue weighted by Crippen LogP contribution is -2.29. The third-order valence-corrected chi connectivity index (χ3v) is 3.20. The fourth-order valence-electron chi connectivity index (χ4n) is 1.71. The molecule has 0 saturated carbocycles. The van der Waals surface area contributed by atoms with Crippen LogP contribution in [0.4, 0.5) is 0 Å². The standard InChI is InChI=1S/C10H22N2S/c1-13-10-3-2-7-12-8-4-5-11-6-9-12/h11H,2-10H2,1H3. The van der Waals surface area contributed by atoms with Crippen molar-refractivity contribution in [1.29, 1.82) is 0 Å². The van der Waals surface area contributed by atoms with Gasteiger partial charge in [0.05, 0.1) is 0 Å². The Labute approximate surface area is 86.5 Å². The summed E-state index contributed by atoms with van der Waals surface area (Å²) in [6.45, 7) is 6.25. The van der Waals surface area contributed by atoms with E-state index in [9.17, 15) is 0 Å². The Morgan fingerprint density at radius 2 is 2.15 bits per heavy atom. The first-order valence-electron chi connectivity index (χ1n) is 5.35. The zero-order valence-corrected chi connectivity index (χ0v) is 9.54. The number of hydrogen-bond donors (Lipinski definition) is 1. The monoisotopic (exact) mass is 202 g/mol. The summed E-state index contributed by atoms with van der Waals surface area (Å²) < 4.78 is 0. The minimum Gasteiger partial charge on any atom is -0.315 e. The third-order valence-electron chi connectivity index (χ3n) is 2.51. The molecule has 0 spiro atoms. The van der Waals surface area contributed by atoms with Gasteiger partial charge in [0.2, 0.25) is 0 Å². The lowest BCUT2D eigenvalue weighted by atomic mass is 10.3. The first-order valence-corrected chi connectivity index (χ1v) is 6.75. The fraction of sp³-hybridized carbons (Fsp3) is 1.00. The van der Waals surface area contributed by atoms with E-state index in [0.29, 0.717) is 0 Å². The van der Waals surface area contributed by atoms with E-state index in [4.69, 9.17) is 0 Å². The van der Waals surface area contributed by atoms with Crippen molar-refractivity contribution in [1.82, 2.24) is 10.2 Å². The molecule has 1 N–H and O–H groups in total. The quantitative estimate of drug-likeness (QED) is 0.679. The van der Waals surface area contributed by atoms with Crippen molar-refractivity contribution in [2.45, 2.75) is 19.3 Å². The predicted molar refractivity (Wildman–Crippen MR) is 61.5 cm³/mol. The maximum absolute atomic E-state index is 3.43. The first-order chi connectivity index (χ1) is 6.43. The minimum absolute atomic E-state index is 1.18. The van der Waals surface area contributed by atoms with Gasteiger partial charge in [-0.1, -0.05) is 0 Å². The maximum atomic E-state index is 3.43. The van der Waals surface area contributed by atoms with E-state index in [1.165, 1.54) is 57.7 Å². The molecule has 1 rings (SSSR count). The molecule has 1 fully saturated rings. The second-order valence-electron chi connectivity index (χ2n) is 3.65. The summed E-state index contributed by atoms with van der Waals surface area (Å²) in [6, 6.07) is 0. The van der Waals surface area contributed by atoms with E-state index >= 15 is 0 Å². The van der Waals surface area contributed by atoms with Gasteiger partial charge in [-0.2, -0.15) is 11.8 Å². The molecule has 0 aliphatic carbocycles. The second kappa shape index (κ2) is 7.65. The zero-order valence-electron chi connectivity index (χ0n) is 8.72. The molecular weight excluding hydrogens is 180 g/mol. The van der Waals surface area contributed by atoms with Gasteiger partial charge in [-0.3, -0.25) is 0 Å². The summed E-state index contributed by atoms with van der Waals surface area (Å²) in [7, 11) is 0. The van der Waals surface area contributed by atoms with Crippen LogP contribution in [0.2, 0.25) is 0 Å². The van der Waals surface area contributed by atoms with Gasteiger partial charge in [0, 0.05) is 13.1 Å². The summed E-state index contributed by atoms with van der Waals surface area (Å²) in [5.74, 6) is 1.33. The molecule has 1 saturated heterocycles. The van der Waals surface area contributed by atoms with Gasteiger partial charge in [0.15, 0.2) is 0 Å². The molecule has 13 heavy (non-hydrogen) atoms. The number of thioether (sulfide) groups is 1. The minimum atomic E-state index is 1.18. The third kappa shape index (κ3) is 5.55. The molecule has 3 heteroatoms. The van der Waals surface area contributed by atoms with Crippen molar-refractivity contribution in [3.63, 3.8) is 0 Å². The average Bonchev–Trinajstić information content (AvgIpc) is 2.41. The Kier molecular flexibility index (Phi) is 6.68. The molecule has 0 radical (unpaired) electrons. The van der Waals surface area contributed by atoms with Crippen LogP contribution in [0.3, 0.4) is 0 Å². The van der Waals surface area contributed by atoms with Crippen LogP contribution >= 0.6 is 11.8 Å². The highest BCUT2D eigenvalue weighted by Gasteiger charge is 2.06. The molecule has 78 valence electrons. The average molecular weight is 202 g/mol. The zero-order chi connectivity index (χ0) is 9.36. The Morgan fingerprint density at radius 3 is 3.00 bits per heavy atom. The van der Waals surface area contributed by atoms with Gasteiger partial charge < -0.3 is 10.2 Å². The van der Waals surface area contributed by atoms with Crippen molar-refractivity contribution < 1.29 is 0 Å². The van der Waals surface area contributed by atoms with Gasteiger partial charge in [-0.15, -0.1) is 0 Å². The van der Waals surface area contributed by atoms with E-state index in [1.54, 1.807) is 0 Å². The van der Waals surface area contributed by atoms with Crippen LogP contribution in [0.25, 0.3) is 0 Å². The number of rotatable bonds is 5.